The maximum Gasteiger partial charge on any atom is 0.283 e. The van der Waals surface area contributed by atoms with Gasteiger partial charge < -0.3 is 19.9 Å². The van der Waals surface area contributed by atoms with Crippen molar-refractivity contribution >= 4 is 6.02 Å². The molecule has 0 bridgehead atoms. The lowest BCUT2D eigenvalue weighted by Crippen LogP contribution is -2.37. The Morgan fingerprint density at radius 2 is 1.69 bits per heavy atom. The summed E-state index contributed by atoms with van der Waals surface area (Å²) in [7, 11) is 0. The number of fused-ring (bicyclic) bond motifs is 4. The standard InChI is InChI=1S/C25H26N4O3/c1-15-25(29-23(26)31-15)19-9-16(17-11-27-14-28-12-17)5-7-21(19)32-22-8-6-18(10-20(22)25)30-13-24(2,3)4/h5-12,14-15H,13H2,1-4H3,(H2,26,29)/t15-,25?/m0/s1. The zero-order chi connectivity index (χ0) is 22.5. The van der Waals surface area contributed by atoms with Crippen LogP contribution in [0.2, 0.25) is 0 Å². The van der Waals surface area contributed by atoms with Gasteiger partial charge in [-0.1, -0.05) is 26.8 Å². The molecule has 2 N–H and O–H groups in total. The van der Waals surface area contributed by atoms with Crippen molar-refractivity contribution in [1.82, 2.24) is 9.97 Å². The molecular formula is C25H26N4O3. The molecule has 3 heterocycles. The highest BCUT2D eigenvalue weighted by atomic mass is 16.5. The highest BCUT2D eigenvalue weighted by Crippen LogP contribution is 2.54. The summed E-state index contributed by atoms with van der Waals surface area (Å²) in [6.45, 7) is 8.98. The fourth-order valence-electron chi connectivity index (χ4n) is 4.21. The molecule has 2 aliphatic heterocycles. The summed E-state index contributed by atoms with van der Waals surface area (Å²) < 4.78 is 18.3. The van der Waals surface area contributed by atoms with Crippen LogP contribution >= 0.6 is 0 Å². The minimum Gasteiger partial charge on any atom is -0.493 e. The SMILES string of the molecule is C[C@@H]1OC(N)=NC12c1cc(OCC(C)(C)C)ccc1Oc1ccc(-c3cncnc3)cc12. The fourth-order valence-corrected chi connectivity index (χ4v) is 4.21. The Balaban J connectivity index is 1.66. The van der Waals surface area contributed by atoms with Crippen molar-refractivity contribution < 1.29 is 14.2 Å². The van der Waals surface area contributed by atoms with E-state index in [1.165, 1.54) is 6.33 Å². The first kappa shape index (κ1) is 20.3. The van der Waals surface area contributed by atoms with Gasteiger partial charge in [0.1, 0.15) is 29.7 Å². The van der Waals surface area contributed by atoms with Crippen molar-refractivity contribution in [3.8, 4) is 28.4 Å². The van der Waals surface area contributed by atoms with E-state index in [4.69, 9.17) is 24.9 Å². The lowest BCUT2D eigenvalue weighted by molar-refractivity contribution is 0.165. The van der Waals surface area contributed by atoms with E-state index in [0.29, 0.717) is 12.4 Å². The summed E-state index contributed by atoms with van der Waals surface area (Å²) in [5.41, 5.74) is 8.89. The first-order chi connectivity index (χ1) is 15.3. The molecule has 7 heteroatoms. The maximum absolute atomic E-state index is 6.29. The molecule has 5 rings (SSSR count). The second-order valence-corrected chi connectivity index (χ2v) is 9.42. The number of rotatable bonds is 3. The van der Waals surface area contributed by atoms with Gasteiger partial charge in [-0.2, -0.15) is 0 Å². The second-order valence-electron chi connectivity index (χ2n) is 9.42. The van der Waals surface area contributed by atoms with Crippen LogP contribution in [0.5, 0.6) is 17.2 Å². The molecule has 1 aromatic heterocycles. The Kier molecular flexibility index (Phi) is 4.58. The minimum atomic E-state index is -0.847. The summed E-state index contributed by atoms with van der Waals surface area (Å²) in [6.07, 6.45) is 4.75. The highest BCUT2D eigenvalue weighted by Gasteiger charge is 2.52. The van der Waals surface area contributed by atoms with Crippen molar-refractivity contribution in [2.75, 3.05) is 6.61 Å². The molecule has 0 amide bonds. The maximum atomic E-state index is 6.29. The third-order valence-corrected chi connectivity index (χ3v) is 5.71. The third-order valence-electron chi connectivity index (χ3n) is 5.71. The number of benzene rings is 2. The molecule has 2 atom stereocenters. The fraction of sp³-hybridized carbons (Fsp3) is 0.320. The number of aliphatic imine (C=N–C) groups is 1. The van der Waals surface area contributed by atoms with Gasteiger partial charge in [-0.05, 0) is 48.2 Å². The summed E-state index contributed by atoms with van der Waals surface area (Å²) >= 11 is 0. The van der Waals surface area contributed by atoms with Gasteiger partial charge in [0.2, 0.25) is 0 Å². The predicted octanol–water partition coefficient (Wildman–Crippen LogP) is 4.65. The Bertz CT molecular complexity index is 1200. The average molecular weight is 431 g/mol. The van der Waals surface area contributed by atoms with Crippen LogP contribution in [0.25, 0.3) is 11.1 Å². The van der Waals surface area contributed by atoms with Crippen LogP contribution in [0.1, 0.15) is 38.8 Å². The molecule has 0 radical (unpaired) electrons. The monoisotopic (exact) mass is 430 g/mol. The van der Waals surface area contributed by atoms with E-state index in [2.05, 4.69) is 36.8 Å². The van der Waals surface area contributed by atoms with Gasteiger partial charge in [-0.15, -0.1) is 0 Å². The Hall–Kier alpha value is -3.61. The van der Waals surface area contributed by atoms with Gasteiger partial charge in [-0.25, -0.2) is 15.0 Å². The molecule has 2 aliphatic rings. The second kappa shape index (κ2) is 7.22. The largest absolute Gasteiger partial charge is 0.493 e. The van der Waals surface area contributed by atoms with E-state index in [-0.39, 0.29) is 17.5 Å². The highest BCUT2D eigenvalue weighted by molar-refractivity contribution is 5.78. The lowest BCUT2D eigenvalue weighted by Gasteiger charge is -2.37. The van der Waals surface area contributed by atoms with E-state index >= 15 is 0 Å². The quantitative estimate of drug-likeness (QED) is 0.650. The Morgan fingerprint density at radius 1 is 1.00 bits per heavy atom. The van der Waals surface area contributed by atoms with E-state index in [0.717, 1.165) is 33.8 Å². The van der Waals surface area contributed by atoms with Crippen LogP contribution < -0.4 is 15.2 Å². The van der Waals surface area contributed by atoms with E-state index in [1.807, 2.05) is 37.3 Å². The van der Waals surface area contributed by atoms with Crippen LogP contribution in [0.15, 0.2) is 60.1 Å². The van der Waals surface area contributed by atoms with Crippen LogP contribution in [0.3, 0.4) is 0 Å². The molecule has 2 aromatic carbocycles. The van der Waals surface area contributed by atoms with Crippen LogP contribution in [0.4, 0.5) is 0 Å². The first-order valence-corrected chi connectivity index (χ1v) is 10.6. The molecule has 1 unspecified atom stereocenters. The van der Waals surface area contributed by atoms with Gasteiger partial charge in [0.25, 0.3) is 6.02 Å². The molecule has 0 saturated carbocycles. The topological polar surface area (TPSA) is 91.9 Å². The summed E-state index contributed by atoms with van der Waals surface area (Å²) in [4.78, 5) is 13.1. The van der Waals surface area contributed by atoms with Crippen molar-refractivity contribution in [3.05, 3.63) is 66.2 Å². The van der Waals surface area contributed by atoms with E-state index in [9.17, 15) is 0 Å². The number of hydrogen-bond donors (Lipinski definition) is 1. The molecule has 32 heavy (non-hydrogen) atoms. The van der Waals surface area contributed by atoms with Gasteiger partial charge in [-0.3, -0.25) is 0 Å². The molecule has 0 saturated heterocycles. The van der Waals surface area contributed by atoms with Gasteiger partial charge in [0.05, 0.1) is 6.61 Å². The number of aromatic nitrogens is 2. The Labute approximate surface area is 187 Å². The Morgan fingerprint density at radius 3 is 2.34 bits per heavy atom. The smallest absolute Gasteiger partial charge is 0.283 e. The van der Waals surface area contributed by atoms with E-state index < -0.39 is 5.54 Å². The lowest BCUT2D eigenvalue weighted by atomic mass is 9.76. The van der Waals surface area contributed by atoms with Gasteiger partial charge in [0, 0.05) is 29.1 Å². The van der Waals surface area contributed by atoms with Crippen molar-refractivity contribution in [3.63, 3.8) is 0 Å². The van der Waals surface area contributed by atoms with Crippen molar-refractivity contribution in [2.24, 2.45) is 16.1 Å². The zero-order valence-electron chi connectivity index (χ0n) is 18.6. The summed E-state index contributed by atoms with van der Waals surface area (Å²) in [5, 5.41) is 0. The normalized spacial score (nSPS) is 21.2. The molecule has 164 valence electrons. The van der Waals surface area contributed by atoms with Gasteiger partial charge >= 0.3 is 0 Å². The van der Waals surface area contributed by atoms with E-state index in [1.54, 1.807) is 12.4 Å². The van der Waals surface area contributed by atoms with Gasteiger partial charge in [0.15, 0.2) is 5.54 Å². The zero-order valence-corrected chi connectivity index (χ0v) is 18.6. The predicted molar refractivity (Wildman–Crippen MR) is 122 cm³/mol. The van der Waals surface area contributed by atoms with Crippen molar-refractivity contribution in [1.29, 1.82) is 0 Å². The molecule has 0 aliphatic carbocycles. The van der Waals surface area contributed by atoms with Crippen LogP contribution in [0, 0.1) is 5.41 Å². The molecular weight excluding hydrogens is 404 g/mol. The number of hydrogen-bond acceptors (Lipinski definition) is 7. The number of nitrogens with zero attached hydrogens (tertiary/aromatic N) is 3. The third kappa shape index (κ3) is 3.34. The minimum absolute atomic E-state index is 0.0374. The molecule has 7 nitrogen and oxygen atoms in total. The first-order valence-electron chi connectivity index (χ1n) is 10.6. The van der Waals surface area contributed by atoms with Crippen molar-refractivity contribution in [2.45, 2.75) is 39.3 Å². The summed E-state index contributed by atoms with van der Waals surface area (Å²) in [6, 6.07) is 12.0. The molecule has 3 aromatic rings. The van der Waals surface area contributed by atoms with Crippen LogP contribution in [-0.4, -0.2) is 28.7 Å². The molecule has 0 fully saturated rings. The average Bonchev–Trinajstić information content (AvgIpc) is 3.07. The number of nitrogens with two attached hydrogens (primary N) is 1. The summed E-state index contributed by atoms with van der Waals surface area (Å²) in [5.74, 6) is 2.19. The van der Waals surface area contributed by atoms with Crippen LogP contribution in [-0.2, 0) is 10.3 Å². The number of ether oxygens (including phenoxy) is 3. The molecule has 1 spiro atoms. The number of amidine groups is 1.